The fourth-order valence-corrected chi connectivity index (χ4v) is 5.16. The summed E-state index contributed by atoms with van der Waals surface area (Å²) in [6.45, 7) is 1.85. The molecule has 0 unspecified atom stereocenters. The lowest BCUT2D eigenvalue weighted by Crippen LogP contribution is -2.31. The van der Waals surface area contributed by atoms with Gasteiger partial charge in [0.1, 0.15) is 11.6 Å². The number of nitrogens with zero attached hydrogens (tertiary/aromatic N) is 3. The maximum absolute atomic E-state index is 5.65. The first-order valence-corrected chi connectivity index (χ1v) is 12.6. The summed E-state index contributed by atoms with van der Waals surface area (Å²) < 4.78 is 5.65. The summed E-state index contributed by atoms with van der Waals surface area (Å²) in [4.78, 5) is 11.7. The molecule has 1 fully saturated rings. The van der Waals surface area contributed by atoms with Crippen LogP contribution in [-0.2, 0) is 6.54 Å². The number of hydrogen-bond acceptors (Lipinski definition) is 6. The Kier molecular flexibility index (Phi) is 7.00. The highest BCUT2D eigenvalue weighted by Crippen LogP contribution is 2.29. The molecular weight excluding hydrogens is 434 g/mol. The summed E-state index contributed by atoms with van der Waals surface area (Å²) in [5.74, 6) is 3.34. The van der Waals surface area contributed by atoms with Crippen LogP contribution in [-0.4, -0.2) is 43.8 Å². The Labute approximate surface area is 207 Å². The van der Waals surface area contributed by atoms with Crippen molar-refractivity contribution < 1.29 is 4.74 Å². The number of anilines is 2. The second-order valence-corrected chi connectivity index (χ2v) is 9.79. The van der Waals surface area contributed by atoms with E-state index >= 15 is 0 Å². The van der Waals surface area contributed by atoms with Gasteiger partial charge in [-0.1, -0.05) is 36.4 Å². The molecular formula is C29H35N5O. The maximum Gasteiger partial charge on any atom is 0.225 e. The third kappa shape index (κ3) is 5.33. The number of methoxy groups -OCH3 is 1. The molecule has 5 rings (SSSR count). The molecule has 182 valence electrons. The van der Waals surface area contributed by atoms with Crippen molar-refractivity contribution in [1.29, 1.82) is 0 Å². The number of aromatic nitrogens is 2. The van der Waals surface area contributed by atoms with Gasteiger partial charge in [-0.05, 0) is 73.2 Å². The van der Waals surface area contributed by atoms with Crippen molar-refractivity contribution in [3.63, 3.8) is 0 Å². The fourth-order valence-electron chi connectivity index (χ4n) is 5.16. The van der Waals surface area contributed by atoms with Crippen molar-refractivity contribution in [2.45, 2.75) is 38.3 Å². The van der Waals surface area contributed by atoms with Gasteiger partial charge in [-0.15, -0.1) is 0 Å². The molecule has 0 amide bonds. The standard InChI is InChI=1S/C29H35N5O/c1-34(2)28-25-10-6-7-11-26(25)32-29(33-28)31-24-14-12-20(13-15-24)18-30-19-23-16-21-8-4-5-9-22(21)17-27(23)35-3/h4-11,16-17,20,24,30H,12-15,18-19H2,1-3H3,(H,31,32,33). The molecule has 1 heterocycles. The number of nitrogens with one attached hydrogen (secondary N) is 2. The monoisotopic (exact) mass is 469 g/mol. The van der Waals surface area contributed by atoms with Gasteiger partial charge in [-0.3, -0.25) is 0 Å². The fraction of sp³-hybridized carbons (Fsp3) is 0.379. The Morgan fingerprint density at radius 2 is 1.63 bits per heavy atom. The summed E-state index contributed by atoms with van der Waals surface area (Å²) in [5.41, 5.74) is 2.20. The molecule has 0 atom stereocenters. The van der Waals surface area contributed by atoms with E-state index in [1.807, 2.05) is 26.2 Å². The van der Waals surface area contributed by atoms with Crippen molar-refractivity contribution in [2.75, 3.05) is 38.0 Å². The summed E-state index contributed by atoms with van der Waals surface area (Å²) in [5, 5.41) is 10.9. The Morgan fingerprint density at radius 1 is 0.914 bits per heavy atom. The highest BCUT2D eigenvalue weighted by molar-refractivity contribution is 5.90. The van der Waals surface area contributed by atoms with E-state index in [0.717, 1.165) is 54.3 Å². The van der Waals surface area contributed by atoms with Crippen LogP contribution in [0.4, 0.5) is 11.8 Å². The van der Waals surface area contributed by atoms with Crippen molar-refractivity contribution in [3.05, 3.63) is 66.2 Å². The number of rotatable bonds is 8. The zero-order chi connectivity index (χ0) is 24.2. The van der Waals surface area contributed by atoms with Crippen molar-refractivity contribution in [1.82, 2.24) is 15.3 Å². The molecule has 1 aliphatic rings. The van der Waals surface area contributed by atoms with E-state index in [1.165, 1.54) is 29.2 Å². The van der Waals surface area contributed by atoms with Gasteiger partial charge in [0.05, 0.1) is 12.6 Å². The number of hydrogen-bond donors (Lipinski definition) is 2. The maximum atomic E-state index is 5.65. The van der Waals surface area contributed by atoms with Crippen LogP contribution in [0.5, 0.6) is 5.75 Å². The van der Waals surface area contributed by atoms with Crippen LogP contribution in [0.2, 0.25) is 0 Å². The molecule has 0 saturated heterocycles. The topological polar surface area (TPSA) is 62.3 Å². The molecule has 3 aromatic carbocycles. The molecule has 0 aliphatic heterocycles. The first kappa shape index (κ1) is 23.4. The van der Waals surface area contributed by atoms with Crippen LogP contribution >= 0.6 is 0 Å². The number of benzene rings is 3. The van der Waals surface area contributed by atoms with Gasteiger partial charge in [0.25, 0.3) is 0 Å². The summed E-state index contributed by atoms with van der Waals surface area (Å²) in [7, 11) is 5.82. The van der Waals surface area contributed by atoms with E-state index in [9.17, 15) is 0 Å². The molecule has 6 nitrogen and oxygen atoms in total. The minimum absolute atomic E-state index is 0.419. The average molecular weight is 470 g/mol. The zero-order valence-corrected chi connectivity index (χ0v) is 20.9. The lowest BCUT2D eigenvalue weighted by Gasteiger charge is -2.29. The van der Waals surface area contributed by atoms with Gasteiger partial charge in [-0.25, -0.2) is 4.98 Å². The SMILES string of the molecule is COc1cc2ccccc2cc1CNCC1CCC(Nc2nc(N(C)C)c3ccccc3n2)CC1. The highest BCUT2D eigenvalue weighted by atomic mass is 16.5. The third-order valence-corrected chi connectivity index (χ3v) is 7.08. The normalized spacial score (nSPS) is 18.0. The van der Waals surface area contributed by atoms with Crippen LogP contribution < -0.4 is 20.3 Å². The van der Waals surface area contributed by atoms with E-state index in [4.69, 9.17) is 14.7 Å². The molecule has 2 N–H and O–H groups in total. The predicted molar refractivity (Wildman–Crippen MR) is 145 cm³/mol. The Morgan fingerprint density at radius 3 is 2.37 bits per heavy atom. The van der Waals surface area contributed by atoms with Crippen LogP contribution in [0, 0.1) is 5.92 Å². The largest absolute Gasteiger partial charge is 0.496 e. The minimum atomic E-state index is 0.419. The zero-order valence-electron chi connectivity index (χ0n) is 20.9. The van der Waals surface area contributed by atoms with Crippen LogP contribution in [0.25, 0.3) is 21.7 Å². The van der Waals surface area contributed by atoms with Gasteiger partial charge in [0, 0.05) is 37.6 Å². The molecule has 0 spiro atoms. The van der Waals surface area contributed by atoms with Gasteiger partial charge < -0.3 is 20.3 Å². The van der Waals surface area contributed by atoms with Gasteiger partial charge in [0.15, 0.2) is 0 Å². The van der Waals surface area contributed by atoms with Gasteiger partial charge >= 0.3 is 0 Å². The molecule has 1 aliphatic carbocycles. The average Bonchev–Trinajstić information content (AvgIpc) is 2.88. The number of ether oxygens (including phenoxy) is 1. The second-order valence-electron chi connectivity index (χ2n) is 9.79. The summed E-state index contributed by atoms with van der Waals surface area (Å²) >= 11 is 0. The first-order chi connectivity index (χ1) is 17.1. The van der Waals surface area contributed by atoms with Crippen LogP contribution in [0.3, 0.4) is 0 Å². The van der Waals surface area contributed by atoms with Gasteiger partial charge in [0.2, 0.25) is 5.95 Å². The number of fused-ring (bicyclic) bond motifs is 2. The van der Waals surface area contributed by atoms with E-state index < -0.39 is 0 Å². The van der Waals surface area contributed by atoms with Crippen LogP contribution in [0.1, 0.15) is 31.2 Å². The first-order valence-electron chi connectivity index (χ1n) is 12.6. The molecule has 1 aromatic heterocycles. The summed E-state index contributed by atoms with van der Waals surface area (Å²) in [6, 6.07) is 21.5. The van der Waals surface area contributed by atoms with Gasteiger partial charge in [-0.2, -0.15) is 4.98 Å². The summed E-state index contributed by atoms with van der Waals surface area (Å²) in [6.07, 6.45) is 4.68. The molecule has 0 radical (unpaired) electrons. The Hall–Kier alpha value is -3.38. The van der Waals surface area contributed by atoms with E-state index in [0.29, 0.717) is 12.0 Å². The van der Waals surface area contributed by atoms with E-state index in [2.05, 4.69) is 64.1 Å². The molecule has 1 saturated carbocycles. The van der Waals surface area contributed by atoms with Crippen LogP contribution in [0.15, 0.2) is 60.7 Å². The second kappa shape index (κ2) is 10.5. The van der Waals surface area contributed by atoms with E-state index in [-0.39, 0.29) is 0 Å². The van der Waals surface area contributed by atoms with Crippen molar-refractivity contribution in [3.8, 4) is 5.75 Å². The van der Waals surface area contributed by atoms with E-state index in [1.54, 1.807) is 7.11 Å². The third-order valence-electron chi connectivity index (χ3n) is 7.08. The lowest BCUT2D eigenvalue weighted by molar-refractivity contribution is 0.322. The Bertz CT molecular complexity index is 1300. The molecule has 6 heteroatoms. The highest BCUT2D eigenvalue weighted by Gasteiger charge is 2.22. The number of para-hydroxylation sites is 1. The lowest BCUT2D eigenvalue weighted by atomic mass is 9.86. The molecule has 4 aromatic rings. The molecule has 35 heavy (non-hydrogen) atoms. The minimum Gasteiger partial charge on any atom is -0.496 e. The van der Waals surface area contributed by atoms with Crippen molar-refractivity contribution >= 4 is 33.4 Å². The quantitative estimate of drug-likeness (QED) is 0.349. The Balaban J connectivity index is 1.15. The smallest absolute Gasteiger partial charge is 0.225 e. The van der Waals surface area contributed by atoms with Crippen molar-refractivity contribution in [2.24, 2.45) is 5.92 Å². The predicted octanol–water partition coefficient (Wildman–Crippen LogP) is 5.62. The molecule has 0 bridgehead atoms.